The zero-order valence-electron chi connectivity index (χ0n) is 11.8. The summed E-state index contributed by atoms with van der Waals surface area (Å²) in [5, 5.41) is -0.127. The third-order valence-electron chi connectivity index (χ3n) is 4.04. The van der Waals surface area contributed by atoms with Crippen molar-refractivity contribution in [1.82, 2.24) is 0 Å². The van der Waals surface area contributed by atoms with Gasteiger partial charge in [-0.1, -0.05) is 51.9 Å². The van der Waals surface area contributed by atoms with Crippen LogP contribution in [0.2, 0.25) is 5.02 Å². The van der Waals surface area contributed by atoms with Crippen molar-refractivity contribution >= 4 is 54.6 Å². The first-order valence-electron chi connectivity index (χ1n) is 6.86. The molecule has 23 heavy (non-hydrogen) atoms. The number of halogens is 2. The highest BCUT2D eigenvalue weighted by Gasteiger charge is 2.60. The number of benzene rings is 2. The number of nitrogens with two attached hydrogens (primary N) is 1. The molecule has 3 nitrogen and oxygen atoms in total. The fourth-order valence-corrected chi connectivity index (χ4v) is 5.79. The van der Waals surface area contributed by atoms with E-state index in [0.29, 0.717) is 5.02 Å². The molecule has 0 heterocycles. The number of rotatable bonds is 4. The zero-order chi connectivity index (χ0) is 16.8. The first kappa shape index (κ1) is 16.9. The van der Waals surface area contributed by atoms with E-state index in [2.05, 4.69) is 15.9 Å². The van der Waals surface area contributed by atoms with Crippen molar-refractivity contribution in [2.45, 2.75) is 16.1 Å². The lowest BCUT2D eigenvalue weighted by atomic mass is 10.1. The van der Waals surface area contributed by atoms with Gasteiger partial charge in [0.15, 0.2) is 9.84 Å². The van der Waals surface area contributed by atoms with E-state index in [1.807, 2.05) is 24.3 Å². The van der Waals surface area contributed by atoms with Gasteiger partial charge in [0.1, 0.15) is 0 Å². The van der Waals surface area contributed by atoms with Gasteiger partial charge in [0.25, 0.3) is 0 Å². The maximum atomic E-state index is 12.9. The van der Waals surface area contributed by atoms with Gasteiger partial charge < -0.3 is 5.73 Å². The van der Waals surface area contributed by atoms with Crippen molar-refractivity contribution in [1.29, 1.82) is 0 Å². The second-order valence-corrected chi connectivity index (χ2v) is 9.40. The highest BCUT2D eigenvalue weighted by molar-refractivity contribution is 9.10. The molecule has 120 valence electrons. The van der Waals surface area contributed by atoms with Gasteiger partial charge >= 0.3 is 0 Å². The van der Waals surface area contributed by atoms with Crippen LogP contribution < -0.4 is 5.73 Å². The summed E-state index contributed by atoms with van der Waals surface area (Å²) < 4.78 is 26.7. The molecule has 2 N–H and O–H groups in total. The molecular weight excluding hydrogens is 418 g/mol. The Hall–Kier alpha value is -0.950. The second-order valence-electron chi connectivity index (χ2n) is 5.47. The molecule has 3 atom stereocenters. The largest absolute Gasteiger partial charge is 0.393 e. The van der Waals surface area contributed by atoms with Gasteiger partial charge in [-0.05, 0) is 42.0 Å². The third-order valence-corrected chi connectivity index (χ3v) is 7.32. The van der Waals surface area contributed by atoms with Gasteiger partial charge in [-0.3, -0.25) is 0 Å². The van der Waals surface area contributed by atoms with Crippen molar-refractivity contribution in [3.8, 4) is 0 Å². The fourth-order valence-electron chi connectivity index (χ4n) is 2.87. The van der Waals surface area contributed by atoms with Crippen LogP contribution >= 0.6 is 39.7 Å². The van der Waals surface area contributed by atoms with Gasteiger partial charge in [-0.15, -0.1) is 0 Å². The Bertz CT molecular complexity index is 851. The molecule has 1 aliphatic rings. The lowest BCUT2D eigenvalue weighted by Gasteiger charge is -2.04. The molecular formula is C16H13BrClNO2S2. The summed E-state index contributed by atoms with van der Waals surface area (Å²) in [6, 6.07) is 13.8. The molecule has 1 saturated carbocycles. The summed E-state index contributed by atoms with van der Waals surface area (Å²) in [5.74, 6) is -0.548. The minimum atomic E-state index is -3.52. The van der Waals surface area contributed by atoms with Gasteiger partial charge in [-0.2, -0.15) is 0 Å². The first-order chi connectivity index (χ1) is 10.8. The zero-order valence-corrected chi connectivity index (χ0v) is 15.8. The van der Waals surface area contributed by atoms with Crippen LogP contribution in [0, 0.1) is 5.92 Å². The van der Waals surface area contributed by atoms with E-state index in [9.17, 15) is 8.42 Å². The van der Waals surface area contributed by atoms with Gasteiger partial charge in [0, 0.05) is 21.3 Å². The van der Waals surface area contributed by atoms with E-state index in [4.69, 9.17) is 29.6 Å². The molecule has 0 amide bonds. The second kappa shape index (κ2) is 6.16. The van der Waals surface area contributed by atoms with Gasteiger partial charge in [0.2, 0.25) is 0 Å². The number of sulfone groups is 1. The maximum absolute atomic E-state index is 12.9. The van der Waals surface area contributed by atoms with Crippen LogP contribution in [0.4, 0.5) is 0 Å². The van der Waals surface area contributed by atoms with Crippen LogP contribution in [0.25, 0.3) is 0 Å². The lowest BCUT2D eigenvalue weighted by molar-refractivity contribution is 0.593. The summed E-state index contributed by atoms with van der Waals surface area (Å²) in [4.78, 5) is 0.480. The summed E-state index contributed by atoms with van der Waals surface area (Å²) >= 11 is 14.3. The van der Waals surface area contributed by atoms with Crippen molar-refractivity contribution in [3.63, 3.8) is 0 Å². The normalized spacial score (nSPS) is 23.5. The van der Waals surface area contributed by atoms with Crippen molar-refractivity contribution < 1.29 is 8.42 Å². The molecule has 0 radical (unpaired) electrons. The van der Waals surface area contributed by atoms with Crippen LogP contribution in [-0.2, 0) is 9.84 Å². The van der Waals surface area contributed by atoms with E-state index in [0.717, 1.165) is 10.0 Å². The molecule has 1 aliphatic carbocycles. The predicted octanol–water partition coefficient (Wildman–Crippen LogP) is 3.94. The van der Waals surface area contributed by atoms with E-state index in [1.165, 1.54) is 12.1 Å². The molecule has 2 aromatic carbocycles. The van der Waals surface area contributed by atoms with Crippen LogP contribution in [0.1, 0.15) is 11.5 Å². The molecule has 3 rings (SSSR count). The Labute approximate surface area is 153 Å². The Morgan fingerprint density at radius 1 is 1.09 bits per heavy atom. The SMILES string of the molecule is NC(=S)[C@@H]1[C@@H](c2ccc(Br)cc2)[C@H]1S(=O)(=O)c1ccc(Cl)cc1. The molecule has 0 aromatic heterocycles. The van der Waals surface area contributed by atoms with Crippen molar-refractivity contribution in [2.75, 3.05) is 0 Å². The summed E-state index contributed by atoms with van der Waals surface area (Å²) in [7, 11) is -3.52. The number of hydrogen-bond acceptors (Lipinski definition) is 3. The van der Waals surface area contributed by atoms with Crippen LogP contribution in [0.15, 0.2) is 57.9 Å². The van der Waals surface area contributed by atoms with E-state index < -0.39 is 15.1 Å². The third kappa shape index (κ3) is 3.18. The molecule has 0 bridgehead atoms. The van der Waals surface area contributed by atoms with Crippen LogP contribution in [0.5, 0.6) is 0 Å². The van der Waals surface area contributed by atoms with Gasteiger partial charge in [-0.25, -0.2) is 8.42 Å². The average Bonchev–Trinajstić information content (AvgIpc) is 3.25. The minimum Gasteiger partial charge on any atom is -0.393 e. The van der Waals surface area contributed by atoms with E-state index >= 15 is 0 Å². The molecule has 7 heteroatoms. The molecule has 0 aliphatic heterocycles. The quantitative estimate of drug-likeness (QED) is 0.746. The maximum Gasteiger partial charge on any atom is 0.182 e. The van der Waals surface area contributed by atoms with Crippen molar-refractivity contribution in [2.24, 2.45) is 11.7 Å². The molecule has 1 fully saturated rings. The Balaban J connectivity index is 1.98. The molecule has 2 aromatic rings. The topological polar surface area (TPSA) is 60.2 Å². The Morgan fingerprint density at radius 2 is 1.65 bits per heavy atom. The smallest absolute Gasteiger partial charge is 0.182 e. The Kier molecular flexibility index (Phi) is 4.53. The van der Waals surface area contributed by atoms with Crippen LogP contribution in [0.3, 0.4) is 0 Å². The van der Waals surface area contributed by atoms with E-state index in [1.54, 1.807) is 12.1 Å². The fraction of sp³-hybridized carbons (Fsp3) is 0.188. The summed E-state index contributed by atoms with van der Waals surface area (Å²) in [6.07, 6.45) is 0. The highest BCUT2D eigenvalue weighted by atomic mass is 79.9. The first-order valence-corrected chi connectivity index (χ1v) is 9.99. The number of hydrogen-bond donors (Lipinski definition) is 1. The Morgan fingerprint density at radius 3 is 2.17 bits per heavy atom. The average molecular weight is 431 g/mol. The minimum absolute atomic E-state index is 0.207. The molecule has 0 unspecified atom stereocenters. The van der Waals surface area contributed by atoms with E-state index in [-0.39, 0.29) is 21.7 Å². The summed E-state index contributed by atoms with van der Waals surface area (Å²) in [6.45, 7) is 0. The van der Waals surface area contributed by atoms with Crippen molar-refractivity contribution in [3.05, 3.63) is 63.6 Å². The molecule has 0 spiro atoms. The standard InChI is InChI=1S/C16H13BrClNO2S2/c17-10-3-1-9(2-4-10)13-14(16(19)22)15(13)23(20,21)12-7-5-11(18)6-8-12/h1-8,13-15H,(H2,19,22)/t13-,14-,15-/m1/s1. The van der Waals surface area contributed by atoms with Gasteiger partial charge in [0.05, 0.1) is 15.1 Å². The highest BCUT2D eigenvalue weighted by Crippen LogP contribution is 2.54. The molecule has 0 saturated heterocycles. The number of thiocarbonyl (C=S) groups is 1. The van der Waals surface area contributed by atoms with Crippen LogP contribution in [-0.4, -0.2) is 18.7 Å². The predicted molar refractivity (Wildman–Crippen MR) is 99.6 cm³/mol. The monoisotopic (exact) mass is 429 g/mol. The summed E-state index contributed by atoms with van der Waals surface area (Å²) in [5.41, 5.74) is 6.71. The lowest BCUT2D eigenvalue weighted by Crippen LogP contribution is -2.17.